The Morgan fingerprint density at radius 1 is 1.12 bits per heavy atom. The minimum absolute atomic E-state index is 0.0729. The molecule has 2 aliphatic rings. The van der Waals surface area contributed by atoms with Gasteiger partial charge in [-0.2, -0.15) is 4.31 Å². The van der Waals surface area contributed by atoms with Crippen molar-refractivity contribution in [3.63, 3.8) is 0 Å². The maximum Gasteiger partial charge on any atom is 0.258 e. The molecule has 2 aliphatic heterocycles. The van der Waals surface area contributed by atoms with Crippen molar-refractivity contribution in [1.29, 1.82) is 0 Å². The van der Waals surface area contributed by atoms with Gasteiger partial charge in [0.05, 0.1) is 22.8 Å². The smallest absolute Gasteiger partial charge is 0.258 e. The standard InChI is InChI=1S/C19H22N2O4S/c1-4-21-16-8-9-17(14-6-5-7-15(18(14)16)19(21)22)26(23,24)20-10-12(2)25-13(3)11-20/h5-9,12-13H,4,10-11H2,1-3H3/t12-,13-/m1/s1. The first kappa shape index (κ1) is 17.5. The van der Waals surface area contributed by atoms with E-state index in [1.54, 1.807) is 35.2 Å². The summed E-state index contributed by atoms with van der Waals surface area (Å²) in [5.41, 5.74) is 1.35. The molecule has 1 saturated heterocycles. The first-order valence-electron chi connectivity index (χ1n) is 8.87. The molecule has 1 fully saturated rings. The van der Waals surface area contributed by atoms with Gasteiger partial charge in [0.25, 0.3) is 5.91 Å². The van der Waals surface area contributed by atoms with Crippen molar-refractivity contribution in [2.24, 2.45) is 0 Å². The molecular weight excluding hydrogens is 352 g/mol. The van der Waals surface area contributed by atoms with E-state index in [0.717, 1.165) is 11.1 Å². The van der Waals surface area contributed by atoms with Gasteiger partial charge in [-0.1, -0.05) is 12.1 Å². The highest BCUT2D eigenvalue weighted by atomic mass is 32.2. The molecule has 0 saturated carbocycles. The number of amides is 1. The number of carbonyl (C=O) groups is 1. The van der Waals surface area contributed by atoms with Gasteiger partial charge < -0.3 is 9.64 Å². The fraction of sp³-hybridized carbons (Fsp3) is 0.421. The summed E-state index contributed by atoms with van der Waals surface area (Å²) in [7, 11) is -3.68. The van der Waals surface area contributed by atoms with Crippen molar-refractivity contribution in [3.05, 3.63) is 35.9 Å². The number of morpholine rings is 1. The van der Waals surface area contributed by atoms with Crippen molar-refractivity contribution >= 4 is 32.4 Å². The Hall–Kier alpha value is -1.96. The van der Waals surface area contributed by atoms with Gasteiger partial charge >= 0.3 is 0 Å². The molecule has 7 heteroatoms. The highest BCUT2D eigenvalue weighted by Crippen LogP contribution is 2.40. The molecule has 0 bridgehead atoms. The Bertz CT molecular complexity index is 992. The lowest BCUT2D eigenvalue weighted by atomic mass is 10.1. The highest BCUT2D eigenvalue weighted by Gasteiger charge is 2.36. The van der Waals surface area contributed by atoms with E-state index in [1.165, 1.54) is 4.31 Å². The quantitative estimate of drug-likeness (QED) is 0.828. The monoisotopic (exact) mass is 374 g/mol. The molecule has 0 spiro atoms. The van der Waals surface area contributed by atoms with Crippen LogP contribution < -0.4 is 4.90 Å². The van der Waals surface area contributed by atoms with Crippen molar-refractivity contribution < 1.29 is 17.9 Å². The van der Waals surface area contributed by atoms with Gasteiger partial charge in [0.2, 0.25) is 10.0 Å². The predicted octanol–water partition coefficient (Wildman–Crippen LogP) is 2.62. The summed E-state index contributed by atoms with van der Waals surface area (Å²) in [6, 6.07) is 8.68. The molecule has 2 atom stereocenters. The summed E-state index contributed by atoms with van der Waals surface area (Å²) in [6.07, 6.45) is -0.301. The fourth-order valence-corrected chi connectivity index (χ4v) is 5.80. The minimum Gasteiger partial charge on any atom is -0.373 e. The van der Waals surface area contributed by atoms with Gasteiger partial charge in [-0.15, -0.1) is 0 Å². The second-order valence-electron chi connectivity index (χ2n) is 6.94. The molecule has 0 aromatic heterocycles. The lowest BCUT2D eigenvalue weighted by Crippen LogP contribution is -2.48. The Morgan fingerprint density at radius 2 is 1.81 bits per heavy atom. The number of nitrogens with zero attached hydrogens (tertiary/aromatic N) is 2. The predicted molar refractivity (Wildman–Crippen MR) is 100 cm³/mol. The Labute approximate surface area is 153 Å². The largest absolute Gasteiger partial charge is 0.373 e. The van der Waals surface area contributed by atoms with Crippen LogP contribution in [-0.2, 0) is 14.8 Å². The zero-order chi connectivity index (χ0) is 18.6. The van der Waals surface area contributed by atoms with E-state index < -0.39 is 10.0 Å². The van der Waals surface area contributed by atoms with Crippen LogP contribution >= 0.6 is 0 Å². The Balaban J connectivity index is 1.89. The molecular formula is C19H22N2O4S. The van der Waals surface area contributed by atoms with E-state index in [2.05, 4.69) is 0 Å². The maximum atomic E-state index is 13.3. The molecule has 1 amide bonds. The van der Waals surface area contributed by atoms with Crippen LogP contribution in [0.4, 0.5) is 5.69 Å². The molecule has 138 valence electrons. The fourth-order valence-electron chi connectivity index (χ4n) is 4.02. The number of hydrogen-bond acceptors (Lipinski definition) is 4. The van der Waals surface area contributed by atoms with Gasteiger partial charge in [-0.25, -0.2) is 8.42 Å². The van der Waals surface area contributed by atoms with Crippen LogP contribution in [0.1, 0.15) is 31.1 Å². The van der Waals surface area contributed by atoms with Crippen molar-refractivity contribution in [2.75, 3.05) is 24.5 Å². The third kappa shape index (κ3) is 2.46. The van der Waals surface area contributed by atoms with Crippen LogP contribution in [-0.4, -0.2) is 50.5 Å². The van der Waals surface area contributed by atoms with E-state index in [0.29, 0.717) is 30.6 Å². The van der Waals surface area contributed by atoms with Crippen LogP contribution in [0.5, 0.6) is 0 Å². The SMILES string of the molecule is CCN1C(=O)c2cccc3c(S(=O)(=O)N4C[C@@H](C)O[C@H](C)C4)ccc1c23. The second kappa shape index (κ2) is 6.04. The molecule has 6 nitrogen and oxygen atoms in total. The number of ether oxygens (including phenoxy) is 1. The topological polar surface area (TPSA) is 66.9 Å². The average Bonchev–Trinajstić information content (AvgIpc) is 2.87. The second-order valence-corrected chi connectivity index (χ2v) is 8.85. The third-order valence-corrected chi connectivity index (χ3v) is 6.95. The summed E-state index contributed by atoms with van der Waals surface area (Å²) < 4.78 is 33.8. The average molecular weight is 374 g/mol. The van der Waals surface area contributed by atoms with Gasteiger partial charge in [0.1, 0.15) is 0 Å². The van der Waals surface area contributed by atoms with Crippen molar-refractivity contribution in [2.45, 2.75) is 37.9 Å². The Morgan fingerprint density at radius 3 is 2.46 bits per heavy atom. The van der Waals surface area contributed by atoms with Crippen LogP contribution in [0.25, 0.3) is 10.8 Å². The van der Waals surface area contributed by atoms with Gasteiger partial charge in [0, 0.05) is 36.0 Å². The number of carbonyl (C=O) groups excluding carboxylic acids is 1. The van der Waals surface area contributed by atoms with Crippen LogP contribution in [0.2, 0.25) is 0 Å². The molecule has 0 aliphatic carbocycles. The summed E-state index contributed by atoms with van der Waals surface area (Å²) in [6.45, 7) is 6.88. The maximum absolute atomic E-state index is 13.3. The molecule has 0 unspecified atom stereocenters. The van der Waals surface area contributed by atoms with Gasteiger partial charge in [0.15, 0.2) is 0 Å². The van der Waals surface area contributed by atoms with Crippen molar-refractivity contribution in [1.82, 2.24) is 4.31 Å². The third-order valence-electron chi connectivity index (χ3n) is 5.07. The summed E-state index contributed by atoms with van der Waals surface area (Å²) >= 11 is 0. The Kier molecular flexibility index (Phi) is 4.06. The zero-order valence-corrected chi connectivity index (χ0v) is 15.9. The minimum atomic E-state index is -3.68. The van der Waals surface area contributed by atoms with E-state index in [-0.39, 0.29) is 23.0 Å². The van der Waals surface area contributed by atoms with Gasteiger partial charge in [-0.05, 0) is 39.0 Å². The molecule has 0 N–H and O–H groups in total. The summed E-state index contributed by atoms with van der Waals surface area (Å²) in [4.78, 5) is 14.5. The van der Waals surface area contributed by atoms with Crippen LogP contribution in [0.3, 0.4) is 0 Å². The number of rotatable bonds is 3. The summed E-state index contributed by atoms with van der Waals surface area (Å²) in [5, 5.41) is 1.34. The molecule has 2 aromatic rings. The van der Waals surface area contributed by atoms with E-state index in [9.17, 15) is 13.2 Å². The first-order valence-corrected chi connectivity index (χ1v) is 10.3. The molecule has 2 aromatic carbocycles. The molecule has 4 rings (SSSR count). The first-order chi connectivity index (χ1) is 12.3. The summed E-state index contributed by atoms with van der Waals surface area (Å²) in [5.74, 6) is -0.0729. The number of sulfonamides is 1. The number of anilines is 1. The lowest BCUT2D eigenvalue weighted by molar-refractivity contribution is -0.0440. The van der Waals surface area contributed by atoms with Gasteiger partial charge in [-0.3, -0.25) is 4.79 Å². The zero-order valence-electron chi connectivity index (χ0n) is 15.1. The normalized spacial score (nSPS) is 23.8. The molecule has 26 heavy (non-hydrogen) atoms. The highest BCUT2D eigenvalue weighted by molar-refractivity contribution is 7.89. The van der Waals surface area contributed by atoms with Crippen LogP contribution in [0.15, 0.2) is 35.2 Å². The molecule has 0 radical (unpaired) electrons. The van der Waals surface area contributed by atoms with E-state index in [1.807, 2.05) is 20.8 Å². The van der Waals surface area contributed by atoms with E-state index in [4.69, 9.17) is 4.74 Å². The number of hydrogen-bond donors (Lipinski definition) is 0. The number of benzene rings is 2. The lowest BCUT2D eigenvalue weighted by Gasteiger charge is -2.34. The molecule has 2 heterocycles. The van der Waals surface area contributed by atoms with Crippen LogP contribution in [0, 0.1) is 0 Å². The van der Waals surface area contributed by atoms with E-state index >= 15 is 0 Å². The van der Waals surface area contributed by atoms with Crippen molar-refractivity contribution in [3.8, 4) is 0 Å².